The molecule has 2 rings (SSSR count). The van der Waals surface area contributed by atoms with Crippen molar-refractivity contribution in [2.45, 2.75) is 4.90 Å². The van der Waals surface area contributed by atoms with Crippen LogP contribution in [-0.4, -0.2) is 11.3 Å². The highest BCUT2D eigenvalue weighted by Crippen LogP contribution is 2.19. The van der Waals surface area contributed by atoms with Gasteiger partial charge in [-0.1, -0.05) is 24.3 Å². The van der Waals surface area contributed by atoms with E-state index in [0.717, 1.165) is 5.69 Å². The van der Waals surface area contributed by atoms with E-state index < -0.39 is 11.0 Å². The summed E-state index contributed by atoms with van der Waals surface area (Å²) in [6, 6.07) is 16.7. The molecule has 1 unspecified atom stereocenters. The van der Waals surface area contributed by atoms with Gasteiger partial charge in [-0.25, -0.2) is 4.21 Å². The summed E-state index contributed by atoms with van der Waals surface area (Å²) < 4.78 is 14.0. The molecule has 0 aromatic heterocycles. The van der Waals surface area contributed by atoms with E-state index in [-0.39, 0.29) is 0 Å². The Kier molecular flexibility index (Phi) is 3.44. The van der Waals surface area contributed by atoms with Gasteiger partial charge in [0.2, 0.25) is 0 Å². The zero-order valence-electron chi connectivity index (χ0n) is 9.54. The number of nitrogen functional groups attached to an aromatic ring is 1. The van der Waals surface area contributed by atoms with Crippen LogP contribution in [0.15, 0.2) is 59.5 Å². The smallest absolute Gasteiger partial charge is 0.152 e. The number of nitrogens with zero attached hydrogens (tertiary/aromatic N) is 1. The minimum atomic E-state index is -1.24. The van der Waals surface area contributed by atoms with Crippen molar-refractivity contribution in [1.82, 2.24) is 0 Å². The molecule has 0 saturated heterocycles. The minimum absolute atomic E-state index is 0.623. The lowest BCUT2D eigenvalue weighted by Gasteiger charge is -2.18. The van der Waals surface area contributed by atoms with Crippen LogP contribution in [0.2, 0.25) is 0 Å². The van der Waals surface area contributed by atoms with Crippen LogP contribution in [0.4, 0.5) is 11.4 Å². The van der Waals surface area contributed by atoms with Crippen molar-refractivity contribution in [2.75, 3.05) is 17.1 Å². The third-order valence-electron chi connectivity index (χ3n) is 2.43. The molecule has 0 fully saturated rings. The maximum absolute atomic E-state index is 12.3. The quantitative estimate of drug-likeness (QED) is 0.845. The molecule has 3 nitrogen and oxygen atoms in total. The molecule has 0 spiro atoms. The fourth-order valence-electron chi connectivity index (χ4n) is 1.51. The molecule has 0 bridgehead atoms. The Morgan fingerprint density at radius 2 is 1.76 bits per heavy atom. The van der Waals surface area contributed by atoms with Gasteiger partial charge >= 0.3 is 0 Å². The van der Waals surface area contributed by atoms with E-state index in [2.05, 4.69) is 0 Å². The van der Waals surface area contributed by atoms with Gasteiger partial charge in [-0.2, -0.15) is 0 Å². The molecule has 2 aromatic rings. The van der Waals surface area contributed by atoms with Crippen molar-refractivity contribution in [3.05, 3.63) is 54.6 Å². The molecule has 88 valence electrons. The van der Waals surface area contributed by atoms with Crippen molar-refractivity contribution in [3.8, 4) is 0 Å². The number of rotatable bonds is 3. The second kappa shape index (κ2) is 5.01. The van der Waals surface area contributed by atoms with E-state index in [9.17, 15) is 4.21 Å². The van der Waals surface area contributed by atoms with E-state index in [1.807, 2.05) is 36.4 Å². The number of hydrogen-bond acceptors (Lipinski definition) is 2. The number of anilines is 2. The van der Waals surface area contributed by atoms with Crippen molar-refractivity contribution < 1.29 is 4.21 Å². The van der Waals surface area contributed by atoms with Crippen molar-refractivity contribution in [2.24, 2.45) is 0 Å². The Morgan fingerprint density at radius 3 is 2.41 bits per heavy atom. The van der Waals surface area contributed by atoms with Crippen LogP contribution in [0, 0.1) is 0 Å². The lowest BCUT2D eigenvalue weighted by atomic mass is 10.3. The maximum atomic E-state index is 12.3. The van der Waals surface area contributed by atoms with Gasteiger partial charge in [0.25, 0.3) is 0 Å². The lowest BCUT2D eigenvalue weighted by molar-refractivity contribution is 0.682. The Bertz CT molecular complexity index is 528. The van der Waals surface area contributed by atoms with Crippen LogP contribution in [0.25, 0.3) is 0 Å². The summed E-state index contributed by atoms with van der Waals surface area (Å²) in [4.78, 5) is 0.705. The fraction of sp³-hybridized carbons (Fsp3) is 0.0769. The Labute approximate surface area is 103 Å². The lowest BCUT2D eigenvalue weighted by Crippen LogP contribution is -2.20. The zero-order valence-corrected chi connectivity index (χ0v) is 10.4. The largest absolute Gasteiger partial charge is 0.399 e. The Balaban J connectivity index is 2.27. The van der Waals surface area contributed by atoms with Gasteiger partial charge in [0.1, 0.15) is 0 Å². The highest BCUT2D eigenvalue weighted by molar-refractivity contribution is 7.86. The first kappa shape index (κ1) is 11.7. The van der Waals surface area contributed by atoms with Gasteiger partial charge < -0.3 is 5.73 Å². The van der Waals surface area contributed by atoms with Crippen LogP contribution >= 0.6 is 0 Å². The molecule has 2 N–H and O–H groups in total. The molecule has 0 aliphatic rings. The SMILES string of the molecule is CN(c1ccccc1)S(=O)c1cccc(N)c1. The van der Waals surface area contributed by atoms with Crippen LogP contribution in [-0.2, 0) is 11.0 Å². The van der Waals surface area contributed by atoms with Crippen LogP contribution < -0.4 is 10.0 Å². The van der Waals surface area contributed by atoms with Gasteiger partial charge in [0.15, 0.2) is 11.0 Å². The van der Waals surface area contributed by atoms with E-state index in [0.29, 0.717) is 10.6 Å². The minimum Gasteiger partial charge on any atom is -0.399 e. The van der Waals surface area contributed by atoms with E-state index in [1.165, 1.54) is 0 Å². The molecular weight excluding hydrogens is 232 g/mol. The van der Waals surface area contributed by atoms with Crippen LogP contribution in [0.5, 0.6) is 0 Å². The molecule has 4 heteroatoms. The third kappa shape index (κ3) is 2.65. The summed E-state index contributed by atoms with van der Waals surface area (Å²) in [5.74, 6) is 0. The predicted molar refractivity (Wildman–Crippen MR) is 72.1 cm³/mol. The van der Waals surface area contributed by atoms with Crippen LogP contribution in [0.3, 0.4) is 0 Å². The van der Waals surface area contributed by atoms with Crippen LogP contribution in [0.1, 0.15) is 0 Å². The molecule has 0 saturated carbocycles. The Hall–Kier alpha value is -1.81. The fourth-order valence-corrected chi connectivity index (χ4v) is 2.58. The maximum Gasteiger partial charge on any atom is 0.152 e. The third-order valence-corrected chi connectivity index (χ3v) is 3.79. The summed E-state index contributed by atoms with van der Waals surface area (Å²) >= 11 is 0. The average Bonchev–Trinajstić information content (AvgIpc) is 2.38. The van der Waals surface area contributed by atoms with E-state index in [1.54, 1.807) is 29.6 Å². The second-order valence-electron chi connectivity index (χ2n) is 3.65. The Morgan fingerprint density at radius 1 is 1.06 bits per heavy atom. The molecule has 0 heterocycles. The normalized spacial score (nSPS) is 12.1. The summed E-state index contributed by atoms with van der Waals surface area (Å²) in [5, 5.41) is 0. The summed E-state index contributed by atoms with van der Waals surface area (Å²) in [6.07, 6.45) is 0. The zero-order chi connectivity index (χ0) is 12.3. The average molecular weight is 246 g/mol. The first-order valence-electron chi connectivity index (χ1n) is 5.24. The summed E-state index contributed by atoms with van der Waals surface area (Å²) in [5.41, 5.74) is 7.22. The van der Waals surface area contributed by atoms with Crippen molar-refractivity contribution in [1.29, 1.82) is 0 Å². The molecule has 0 radical (unpaired) electrons. The highest BCUT2D eigenvalue weighted by Gasteiger charge is 2.11. The van der Waals surface area contributed by atoms with Gasteiger partial charge in [-0.3, -0.25) is 4.31 Å². The standard InChI is InChI=1S/C13H14N2OS/c1-15(12-7-3-2-4-8-12)17(16)13-9-5-6-11(14)10-13/h2-10H,14H2,1H3. The topological polar surface area (TPSA) is 46.3 Å². The molecule has 17 heavy (non-hydrogen) atoms. The number of para-hydroxylation sites is 1. The van der Waals surface area contributed by atoms with Gasteiger partial charge in [-0.05, 0) is 30.3 Å². The van der Waals surface area contributed by atoms with Gasteiger partial charge in [0.05, 0.1) is 4.90 Å². The molecule has 1 atom stereocenters. The number of nitrogens with two attached hydrogens (primary N) is 1. The molecular formula is C13H14N2OS. The molecule has 0 amide bonds. The molecule has 2 aromatic carbocycles. The highest BCUT2D eigenvalue weighted by atomic mass is 32.2. The first-order valence-corrected chi connectivity index (χ1v) is 6.35. The monoisotopic (exact) mass is 246 g/mol. The summed E-state index contributed by atoms with van der Waals surface area (Å²) in [7, 11) is 0.564. The van der Waals surface area contributed by atoms with Gasteiger partial charge in [0, 0.05) is 18.4 Å². The van der Waals surface area contributed by atoms with E-state index >= 15 is 0 Å². The molecule has 0 aliphatic carbocycles. The van der Waals surface area contributed by atoms with Crippen molar-refractivity contribution >= 4 is 22.4 Å². The molecule has 0 aliphatic heterocycles. The second-order valence-corrected chi connectivity index (χ2v) is 5.17. The van der Waals surface area contributed by atoms with E-state index in [4.69, 9.17) is 5.73 Å². The first-order chi connectivity index (χ1) is 8.18. The number of benzene rings is 2. The predicted octanol–water partition coefficient (Wildman–Crippen LogP) is 2.43. The van der Waals surface area contributed by atoms with Gasteiger partial charge in [-0.15, -0.1) is 0 Å². The van der Waals surface area contributed by atoms with Crippen molar-refractivity contribution in [3.63, 3.8) is 0 Å². The summed E-state index contributed by atoms with van der Waals surface area (Å²) in [6.45, 7) is 0. The number of hydrogen-bond donors (Lipinski definition) is 1.